The van der Waals surface area contributed by atoms with E-state index in [1.807, 2.05) is 35.6 Å². The van der Waals surface area contributed by atoms with E-state index in [1.165, 1.54) is 27.0 Å². The van der Waals surface area contributed by atoms with Gasteiger partial charge in [-0.15, -0.1) is 11.3 Å². The SMILES string of the molecule is c1ccc(-c2cccc(-c3nc(-c4ccccc4)nc(-c4ccc(-c5c(-c6cc(-c7ccccc7)cc(-c7ccccc7)c6)sc6c(-c7ccccc7)nc7ccccc7c56)cc4)n3)c2)cc1. The first-order valence-corrected chi connectivity index (χ1v) is 23.3. The highest BCUT2D eigenvalue weighted by molar-refractivity contribution is 7.23. The molecule has 5 heteroatoms. The lowest BCUT2D eigenvalue weighted by Gasteiger charge is -2.13. The Hall–Kier alpha value is -8.64. The molecule has 9 aromatic carbocycles. The van der Waals surface area contributed by atoms with Gasteiger partial charge in [0.25, 0.3) is 0 Å². The van der Waals surface area contributed by atoms with Crippen molar-refractivity contribution >= 4 is 32.3 Å². The van der Waals surface area contributed by atoms with Gasteiger partial charge in [-0.25, -0.2) is 19.9 Å². The van der Waals surface area contributed by atoms with Gasteiger partial charge in [0.2, 0.25) is 0 Å². The molecule has 12 rings (SSSR count). The molecule has 0 N–H and O–H groups in total. The Labute approximate surface area is 393 Å². The molecule has 0 aliphatic heterocycles. The van der Waals surface area contributed by atoms with Crippen LogP contribution in [0.25, 0.3) is 121 Å². The summed E-state index contributed by atoms with van der Waals surface area (Å²) >= 11 is 1.82. The summed E-state index contributed by atoms with van der Waals surface area (Å²) in [4.78, 5) is 21.9. The van der Waals surface area contributed by atoms with Crippen LogP contribution < -0.4 is 0 Å². The number of benzene rings is 9. The normalized spacial score (nSPS) is 11.3. The van der Waals surface area contributed by atoms with E-state index in [9.17, 15) is 0 Å². The summed E-state index contributed by atoms with van der Waals surface area (Å²) in [7, 11) is 0. The molecule has 0 aliphatic rings. The first-order chi connectivity index (χ1) is 33.2. The van der Waals surface area contributed by atoms with Gasteiger partial charge in [0.15, 0.2) is 17.5 Å². The molecule has 0 radical (unpaired) electrons. The van der Waals surface area contributed by atoms with E-state index in [4.69, 9.17) is 19.9 Å². The Morgan fingerprint density at radius 3 is 1.25 bits per heavy atom. The topological polar surface area (TPSA) is 51.6 Å². The first-order valence-electron chi connectivity index (χ1n) is 22.5. The van der Waals surface area contributed by atoms with Crippen LogP contribution in [-0.2, 0) is 0 Å². The second-order valence-corrected chi connectivity index (χ2v) is 17.6. The Kier molecular flexibility index (Phi) is 10.4. The smallest absolute Gasteiger partial charge is 0.164 e. The number of nitrogens with zero attached hydrogens (tertiary/aromatic N) is 4. The van der Waals surface area contributed by atoms with Crippen LogP contribution >= 0.6 is 11.3 Å². The molecule has 0 unspecified atom stereocenters. The predicted molar refractivity (Wildman–Crippen MR) is 279 cm³/mol. The van der Waals surface area contributed by atoms with Gasteiger partial charge in [-0.05, 0) is 74.8 Å². The number of pyridine rings is 1. The van der Waals surface area contributed by atoms with Crippen LogP contribution in [0.15, 0.2) is 243 Å². The van der Waals surface area contributed by atoms with Crippen molar-refractivity contribution in [3.63, 3.8) is 0 Å². The van der Waals surface area contributed by atoms with E-state index >= 15 is 0 Å². The molecular formula is C62H40N4S. The van der Waals surface area contributed by atoms with E-state index in [0.29, 0.717) is 17.5 Å². The standard InChI is InChI=1S/C62H40N4S/c1-6-19-41(20-7-1)48-29-18-30-49(37-48)62-65-60(46-27-14-5-15-28-46)64-61(66-62)47-35-33-44(34-36-47)55-56-53-31-16-17-32-54(53)63-57(45-25-12-4-13-26-45)59(56)67-58(55)52-39-50(42-21-8-2-9-22-42)38-51(40-52)43-23-10-3-11-24-43/h1-40H. The van der Waals surface area contributed by atoms with Gasteiger partial charge < -0.3 is 0 Å². The average molecular weight is 873 g/mol. The van der Waals surface area contributed by atoms with Crippen LogP contribution in [0.4, 0.5) is 0 Å². The summed E-state index contributed by atoms with van der Waals surface area (Å²) in [6, 6.07) is 85.3. The molecule has 0 spiro atoms. The molecule has 0 saturated carbocycles. The lowest BCUT2D eigenvalue weighted by Crippen LogP contribution is -2.00. The second kappa shape index (κ2) is 17.4. The highest BCUT2D eigenvalue weighted by Crippen LogP contribution is 2.51. The zero-order chi connectivity index (χ0) is 44.5. The van der Waals surface area contributed by atoms with Crippen LogP contribution in [0.5, 0.6) is 0 Å². The molecule has 3 heterocycles. The van der Waals surface area contributed by atoms with Crippen molar-refractivity contribution in [3.8, 4) is 100 Å². The number of thiophene rings is 1. The predicted octanol–water partition coefficient (Wildman–Crippen LogP) is 16.6. The number of para-hydroxylation sites is 1. The van der Waals surface area contributed by atoms with E-state index < -0.39 is 0 Å². The van der Waals surface area contributed by atoms with Crippen molar-refractivity contribution in [2.24, 2.45) is 0 Å². The number of aromatic nitrogens is 4. The molecule has 0 fully saturated rings. The van der Waals surface area contributed by atoms with Gasteiger partial charge in [0.05, 0.1) is 15.9 Å². The maximum absolute atomic E-state index is 5.38. The quantitative estimate of drug-likeness (QED) is 0.145. The van der Waals surface area contributed by atoms with Crippen molar-refractivity contribution in [2.75, 3.05) is 0 Å². The molecule has 0 aliphatic carbocycles. The van der Waals surface area contributed by atoms with Gasteiger partial charge in [-0.2, -0.15) is 0 Å². The van der Waals surface area contributed by atoms with Gasteiger partial charge in [-0.3, -0.25) is 0 Å². The second-order valence-electron chi connectivity index (χ2n) is 16.6. The fraction of sp³-hybridized carbons (Fsp3) is 0. The van der Waals surface area contributed by atoms with Crippen molar-refractivity contribution in [3.05, 3.63) is 243 Å². The summed E-state index contributed by atoms with van der Waals surface area (Å²) in [5.74, 6) is 1.86. The van der Waals surface area contributed by atoms with Gasteiger partial charge >= 0.3 is 0 Å². The highest BCUT2D eigenvalue weighted by Gasteiger charge is 2.24. The summed E-state index contributed by atoms with van der Waals surface area (Å²) < 4.78 is 1.15. The zero-order valence-corrected chi connectivity index (χ0v) is 37.1. The molecule has 3 aromatic heterocycles. The molecule has 0 bridgehead atoms. The molecule has 314 valence electrons. The van der Waals surface area contributed by atoms with Crippen molar-refractivity contribution < 1.29 is 0 Å². The summed E-state index contributed by atoms with van der Waals surface area (Å²) in [5, 5.41) is 2.31. The first kappa shape index (κ1) is 39.9. The number of hydrogen-bond donors (Lipinski definition) is 0. The number of fused-ring (bicyclic) bond motifs is 3. The largest absolute Gasteiger partial charge is 0.246 e. The van der Waals surface area contributed by atoms with Crippen LogP contribution in [-0.4, -0.2) is 19.9 Å². The van der Waals surface area contributed by atoms with E-state index in [2.05, 4.69) is 218 Å². The van der Waals surface area contributed by atoms with E-state index in [1.54, 1.807) is 0 Å². The van der Waals surface area contributed by atoms with Crippen LogP contribution in [0.1, 0.15) is 0 Å². The maximum Gasteiger partial charge on any atom is 0.164 e. The molecule has 0 amide bonds. The van der Waals surface area contributed by atoms with Crippen LogP contribution in [0.2, 0.25) is 0 Å². The number of hydrogen-bond acceptors (Lipinski definition) is 5. The maximum atomic E-state index is 5.38. The van der Waals surface area contributed by atoms with Gasteiger partial charge in [-0.1, -0.05) is 212 Å². The third-order valence-electron chi connectivity index (χ3n) is 12.3. The third-order valence-corrected chi connectivity index (χ3v) is 13.6. The minimum absolute atomic E-state index is 0.611. The monoisotopic (exact) mass is 872 g/mol. The highest BCUT2D eigenvalue weighted by atomic mass is 32.1. The van der Waals surface area contributed by atoms with Crippen LogP contribution in [0.3, 0.4) is 0 Å². The number of rotatable bonds is 9. The molecule has 0 atom stereocenters. The van der Waals surface area contributed by atoms with Crippen molar-refractivity contribution in [1.29, 1.82) is 0 Å². The zero-order valence-electron chi connectivity index (χ0n) is 36.3. The van der Waals surface area contributed by atoms with E-state index in [0.717, 1.165) is 76.9 Å². The molecule has 0 saturated heterocycles. The van der Waals surface area contributed by atoms with Crippen molar-refractivity contribution in [2.45, 2.75) is 0 Å². The summed E-state index contributed by atoms with van der Waals surface area (Å²) in [6.45, 7) is 0. The Morgan fingerprint density at radius 1 is 0.269 bits per heavy atom. The molecular weight excluding hydrogens is 833 g/mol. The molecule has 4 nitrogen and oxygen atoms in total. The Bertz CT molecular complexity index is 3650. The lowest BCUT2D eigenvalue weighted by atomic mass is 9.91. The van der Waals surface area contributed by atoms with Crippen molar-refractivity contribution in [1.82, 2.24) is 19.9 Å². The summed E-state index contributed by atoms with van der Waals surface area (Å²) in [5.41, 5.74) is 16.1. The summed E-state index contributed by atoms with van der Waals surface area (Å²) in [6.07, 6.45) is 0. The third kappa shape index (κ3) is 7.78. The minimum Gasteiger partial charge on any atom is -0.246 e. The van der Waals surface area contributed by atoms with E-state index in [-0.39, 0.29) is 0 Å². The minimum atomic E-state index is 0.611. The Balaban J connectivity index is 1.07. The fourth-order valence-electron chi connectivity index (χ4n) is 9.04. The fourth-order valence-corrected chi connectivity index (χ4v) is 10.4. The molecule has 12 aromatic rings. The average Bonchev–Trinajstić information content (AvgIpc) is 3.83. The lowest BCUT2D eigenvalue weighted by molar-refractivity contribution is 1.07. The van der Waals surface area contributed by atoms with Crippen LogP contribution in [0, 0.1) is 0 Å². The molecule has 67 heavy (non-hydrogen) atoms. The van der Waals surface area contributed by atoms with Gasteiger partial charge in [0.1, 0.15) is 0 Å². The van der Waals surface area contributed by atoms with Gasteiger partial charge in [0, 0.05) is 43.5 Å². The Morgan fingerprint density at radius 2 is 0.672 bits per heavy atom.